The summed E-state index contributed by atoms with van der Waals surface area (Å²) in [5, 5.41) is 1.03. The molecule has 0 saturated carbocycles. The number of hydrogen-bond acceptors (Lipinski definition) is 5. The number of morpholine rings is 1. The van der Waals surface area contributed by atoms with Gasteiger partial charge in [0.25, 0.3) is 0 Å². The molecule has 6 heteroatoms. The minimum Gasteiger partial charge on any atom is -0.378 e. The Hall–Kier alpha value is -0.980. The van der Waals surface area contributed by atoms with Gasteiger partial charge in [-0.25, -0.2) is 4.98 Å². The number of amides is 1. The van der Waals surface area contributed by atoms with Crippen molar-refractivity contribution in [2.75, 3.05) is 32.8 Å². The Morgan fingerprint density at radius 2 is 2.22 bits per heavy atom. The van der Waals surface area contributed by atoms with Gasteiger partial charge in [0.05, 0.1) is 30.3 Å². The third-order valence-corrected chi connectivity index (χ3v) is 4.19. The average Bonchev–Trinajstić information content (AvgIpc) is 2.71. The Bertz CT molecular complexity index is 413. The molecule has 1 aromatic heterocycles. The zero-order valence-corrected chi connectivity index (χ0v) is 11.5. The molecule has 1 aromatic rings. The van der Waals surface area contributed by atoms with Crippen molar-refractivity contribution >= 4 is 17.2 Å². The van der Waals surface area contributed by atoms with Gasteiger partial charge in [0, 0.05) is 24.4 Å². The van der Waals surface area contributed by atoms with Crippen LogP contribution < -0.4 is 5.73 Å². The SMILES string of the molecule is Cc1nc(CCN)sc1CC(=O)N1CCOCC1. The van der Waals surface area contributed by atoms with Gasteiger partial charge in [-0.3, -0.25) is 4.79 Å². The van der Waals surface area contributed by atoms with E-state index in [9.17, 15) is 4.79 Å². The summed E-state index contributed by atoms with van der Waals surface area (Å²) in [6.45, 7) is 5.25. The van der Waals surface area contributed by atoms with Crippen LogP contribution in [0.5, 0.6) is 0 Å². The van der Waals surface area contributed by atoms with E-state index < -0.39 is 0 Å². The summed E-state index contributed by atoms with van der Waals surface area (Å²) in [7, 11) is 0. The molecular formula is C12H19N3O2S. The average molecular weight is 269 g/mol. The van der Waals surface area contributed by atoms with Crippen molar-refractivity contribution in [1.29, 1.82) is 0 Å². The molecule has 100 valence electrons. The molecule has 0 atom stereocenters. The molecule has 0 aromatic carbocycles. The number of rotatable bonds is 4. The van der Waals surface area contributed by atoms with Gasteiger partial charge in [0.15, 0.2) is 0 Å². The van der Waals surface area contributed by atoms with Crippen molar-refractivity contribution in [1.82, 2.24) is 9.88 Å². The number of carbonyl (C=O) groups excluding carboxylic acids is 1. The largest absolute Gasteiger partial charge is 0.378 e. The van der Waals surface area contributed by atoms with Crippen LogP contribution in [0.2, 0.25) is 0 Å². The van der Waals surface area contributed by atoms with E-state index in [4.69, 9.17) is 10.5 Å². The van der Waals surface area contributed by atoms with Crippen LogP contribution in [0.1, 0.15) is 15.6 Å². The zero-order valence-electron chi connectivity index (χ0n) is 10.6. The van der Waals surface area contributed by atoms with Crippen LogP contribution in [0.4, 0.5) is 0 Å². The predicted molar refractivity (Wildman–Crippen MR) is 70.7 cm³/mol. The van der Waals surface area contributed by atoms with Crippen molar-refractivity contribution in [2.45, 2.75) is 19.8 Å². The van der Waals surface area contributed by atoms with Gasteiger partial charge >= 0.3 is 0 Å². The van der Waals surface area contributed by atoms with Crippen LogP contribution in [0.15, 0.2) is 0 Å². The first-order chi connectivity index (χ1) is 8.70. The summed E-state index contributed by atoms with van der Waals surface area (Å²) in [5.41, 5.74) is 6.48. The summed E-state index contributed by atoms with van der Waals surface area (Å²) in [4.78, 5) is 19.5. The normalized spacial score (nSPS) is 16.0. The summed E-state index contributed by atoms with van der Waals surface area (Å²) in [5.74, 6) is 0.171. The van der Waals surface area contributed by atoms with E-state index in [1.54, 1.807) is 11.3 Å². The molecule has 1 aliphatic rings. The second kappa shape index (κ2) is 6.26. The summed E-state index contributed by atoms with van der Waals surface area (Å²) >= 11 is 1.61. The molecule has 1 saturated heterocycles. The van der Waals surface area contributed by atoms with Crippen molar-refractivity contribution in [3.8, 4) is 0 Å². The number of aryl methyl sites for hydroxylation is 1. The van der Waals surface area contributed by atoms with E-state index >= 15 is 0 Å². The fourth-order valence-electron chi connectivity index (χ4n) is 1.94. The summed E-state index contributed by atoms with van der Waals surface area (Å²) in [6, 6.07) is 0. The van der Waals surface area contributed by atoms with E-state index in [-0.39, 0.29) is 5.91 Å². The van der Waals surface area contributed by atoms with E-state index in [1.165, 1.54) is 0 Å². The zero-order chi connectivity index (χ0) is 13.0. The van der Waals surface area contributed by atoms with Crippen molar-refractivity contribution in [3.05, 3.63) is 15.6 Å². The maximum atomic E-state index is 12.1. The third-order valence-electron chi connectivity index (χ3n) is 2.97. The van der Waals surface area contributed by atoms with E-state index in [0.29, 0.717) is 39.3 Å². The maximum absolute atomic E-state index is 12.1. The molecule has 2 heterocycles. The molecule has 0 radical (unpaired) electrons. The molecule has 0 aliphatic carbocycles. The van der Waals surface area contributed by atoms with Gasteiger partial charge in [-0.2, -0.15) is 0 Å². The monoisotopic (exact) mass is 269 g/mol. The number of aromatic nitrogens is 1. The van der Waals surface area contributed by atoms with Crippen LogP contribution in [0.3, 0.4) is 0 Å². The standard InChI is InChI=1S/C12H19N3O2S/c1-9-10(18-11(14-9)2-3-13)8-12(16)15-4-6-17-7-5-15/h2-8,13H2,1H3. The molecule has 2 rings (SSSR count). The second-order valence-corrected chi connectivity index (χ2v) is 5.49. The van der Waals surface area contributed by atoms with Crippen molar-refractivity contribution < 1.29 is 9.53 Å². The minimum atomic E-state index is 0.171. The van der Waals surface area contributed by atoms with Crippen molar-refractivity contribution in [2.24, 2.45) is 5.73 Å². The third kappa shape index (κ3) is 3.28. The molecule has 0 spiro atoms. The van der Waals surface area contributed by atoms with Crippen LogP contribution >= 0.6 is 11.3 Å². The van der Waals surface area contributed by atoms with Crippen LogP contribution in [0.25, 0.3) is 0 Å². The highest BCUT2D eigenvalue weighted by molar-refractivity contribution is 7.11. The fraction of sp³-hybridized carbons (Fsp3) is 0.667. The number of hydrogen-bond donors (Lipinski definition) is 1. The summed E-state index contributed by atoms with van der Waals surface area (Å²) in [6.07, 6.45) is 1.24. The number of ether oxygens (including phenoxy) is 1. The molecule has 0 unspecified atom stereocenters. The fourth-order valence-corrected chi connectivity index (χ4v) is 3.02. The molecule has 1 fully saturated rings. The van der Waals surface area contributed by atoms with Gasteiger partial charge in [-0.1, -0.05) is 0 Å². The highest BCUT2D eigenvalue weighted by atomic mass is 32.1. The Balaban J connectivity index is 1.97. The van der Waals surface area contributed by atoms with Gasteiger partial charge in [-0.15, -0.1) is 11.3 Å². The lowest BCUT2D eigenvalue weighted by Crippen LogP contribution is -2.41. The lowest BCUT2D eigenvalue weighted by molar-refractivity contribution is -0.134. The first-order valence-electron chi connectivity index (χ1n) is 6.21. The highest BCUT2D eigenvalue weighted by Crippen LogP contribution is 2.19. The molecule has 1 amide bonds. The van der Waals surface area contributed by atoms with E-state index in [2.05, 4.69) is 4.98 Å². The minimum absolute atomic E-state index is 0.171. The molecule has 18 heavy (non-hydrogen) atoms. The topological polar surface area (TPSA) is 68.5 Å². The Morgan fingerprint density at radius 1 is 1.50 bits per heavy atom. The lowest BCUT2D eigenvalue weighted by atomic mass is 10.2. The maximum Gasteiger partial charge on any atom is 0.228 e. The molecular weight excluding hydrogens is 250 g/mol. The number of nitrogens with two attached hydrogens (primary N) is 1. The molecule has 0 bridgehead atoms. The van der Waals surface area contributed by atoms with Crippen LogP contribution in [0, 0.1) is 6.92 Å². The number of thiazole rings is 1. The first-order valence-corrected chi connectivity index (χ1v) is 7.03. The smallest absolute Gasteiger partial charge is 0.228 e. The van der Waals surface area contributed by atoms with Gasteiger partial charge < -0.3 is 15.4 Å². The number of carbonyl (C=O) groups is 1. The predicted octanol–water partition coefficient (Wildman–Crippen LogP) is 0.354. The highest BCUT2D eigenvalue weighted by Gasteiger charge is 2.19. The Morgan fingerprint density at radius 3 is 2.89 bits per heavy atom. The van der Waals surface area contributed by atoms with Crippen LogP contribution in [-0.2, 0) is 22.4 Å². The Labute approximate surface area is 111 Å². The Kier molecular flexibility index (Phi) is 4.68. The van der Waals surface area contributed by atoms with Crippen molar-refractivity contribution in [3.63, 3.8) is 0 Å². The lowest BCUT2D eigenvalue weighted by Gasteiger charge is -2.26. The molecule has 1 aliphatic heterocycles. The van der Waals surface area contributed by atoms with Gasteiger partial charge in [-0.05, 0) is 13.5 Å². The second-order valence-electron chi connectivity index (χ2n) is 4.32. The van der Waals surface area contributed by atoms with Gasteiger partial charge in [0.2, 0.25) is 5.91 Å². The number of nitrogens with zero attached hydrogens (tertiary/aromatic N) is 2. The quantitative estimate of drug-likeness (QED) is 0.856. The first kappa shape index (κ1) is 13.5. The van der Waals surface area contributed by atoms with E-state index in [0.717, 1.165) is 22.0 Å². The molecule has 5 nitrogen and oxygen atoms in total. The van der Waals surface area contributed by atoms with Gasteiger partial charge in [0.1, 0.15) is 0 Å². The van der Waals surface area contributed by atoms with E-state index in [1.807, 2.05) is 11.8 Å². The molecule has 2 N–H and O–H groups in total. The van der Waals surface area contributed by atoms with Crippen LogP contribution in [-0.4, -0.2) is 48.6 Å². The summed E-state index contributed by atoms with van der Waals surface area (Å²) < 4.78 is 5.24.